The molecule has 86 valence electrons. The van der Waals surface area contributed by atoms with Crippen molar-refractivity contribution in [1.29, 1.82) is 0 Å². The Balaban J connectivity index is 2.44. The molecule has 16 heavy (non-hydrogen) atoms. The molecule has 0 bridgehead atoms. The summed E-state index contributed by atoms with van der Waals surface area (Å²) in [6, 6.07) is 8.40. The minimum Gasteiger partial charge on any atom is -0.469 e. The number of fused-ring (bicyclic) bond motifs is 1. The second-order valence-corrected chi connectivity index (χ2v) is 4.33. The van der Waals surface area contributed by atoms with Gasteiger partial charge in [-0.3, -0.25) is 4.79 Å². The van der Waals surface area contributed by atoms with E-state index in [1.54, 1.807) is 0 Å². The highest BCUT2D eigenvalue weighted by atomic mass is 16.5. The molecule has 0 aromatic heterocycles. The molecule has 0 amide bonds. The highest BCUT2D eigenvalue weighted by Crippen LogP contribution is 2.37. The Kier molecular flexibility index (Phi) is 2.86. The number of esters is 1. The van der Waals surface area contributed by atoms with Crippen LogP contribution < -0.4 is 4.90 Å². The molecule has 1 aromatic carbocycles. The number of methoxy groups -OCH3 is 1. The molecule has 0 saturated carbocycles. The molecule has 0 radical (unpaired) electrons. The highest BCUT2D eigenvalue weighted by Gasteiger charge is 2.32. The van der Waals surface area contributed by atoms with Gasteiger partial charge in [0.15, 0.2) is 0 Å². The molecule has 1 heterocycles. The molecule has 3 heteroatoms. The van der Waals surface area contributed by atoms with Crippen LogP contribution in [0.15, 0.2) is 24.3 Å². The van der Waals surface area contributed by atoms with E-state index in [1.807, 2.05) is 18.2 Å². The Labute approximate surface area is 96.0 Å². The Morgan fingerprint density at radius 2 is 2.12 bits per heavy atom. The fourth-order valence-corrected chi connectivity index (χ4v) is 2.33. The van der Waals surface area contributed by atoms with Crippen molar-refractivity contribution in [2.45, 2.75) is 25.3 Å². The van der Waals surface area contributed by atoms with Gasteiger partial charge in [0.25, 0.3) is 0 Å². The number of benzene rings is 1. The van der Waals surface area contributed by atoms with Crippen molar-refractivity contribution in [3.8, 4) is 0 Å². The fraction of sp³-hybridized carbons (Fsp3) is 0.462. The van der Waals surface area contributed by atoms with E-state index in [2.05, 4.69) is 24.9 Å². The second-order valence-electron chi connectivity index (χ2n) is 4.33. The molecule has 0 saturated heterocycles. The third-order valence-electron chi connectivity index (χ3n) is 3.42. The maximum Gasteiger partial charge on any atom is 0.313 e. The number of para-hydroxylation sites is 1. The first kappa shape index (κ1) is 11.0. The van der Waals surface area contributed by atoms with Crippen LogP contribution in [0.25, 0.3) is 0 Å². The first-order chi connectivity index (χ1) is 7.65. The van der Waals surface area contributed by atoms with Gasteiger partial charge in [0.2, 0.25) is 0 Å². The number of anilines is 1. The van der Waals surface area contributed by atoms with Crippen molar-refractivity contribution in [3.63, 3.8) is 0 Å². The van der Waals surface area contributed by atoms with E-state index in [1.165, 1.54) is 7.11 Å². The third-order valence-corrected chi connectivity index (χ3v) is 3.42. The number of carbonyl (C=O) groups is 1. The van der Waals surface area contributed by atoms with E-state index < -0.39 is 0 Å². The molecule has 2 atom stereocenters. The molecule has 0 fully saturated rings. The molecule has 0 spiro atoms. The van der Waals surface area contributed by atoms with E-state index in [-0.39, 0.29) is 11.9 Å². The fourth-order valence-electron chi connectivity index (χ4n) is 2.33. The van der Waals surface area contributed by atoms with Crippen LogP contribution >= 0.6 is 0 Å². The molecule has 0 unspecified atom stereocenters. The van der Waals surface area contributed by atoms with Gasteiger partial charge in [-0.2, -0.15) is 0 Å². The lowest BCUT2D eigenvalue weighted by molar-refractivity contribution is -0.142. The first-order valence-corrected chi connectivity index (χ1v) is 5.54. The van der Waals surface area contributed by atoms with Crippen LogP contribution in [0, 0.1) is 0 Å². The van der Waals surface area contributed by atoms with Crippen molar-refractivity contribution in [2.75, 3.05) is 19.1 Å². The van der Waals surface area contributed by atoms with Gasteiger partial charge in [0.05, 0.1) is 13.0 Å². The van der Waals surface area contributed by atoms with Gasteiger partial charge in [-0.05, 0) is 25.0 Å². The van der Waals surface area contributed by atoms with Gasteiger partial charge in [0, 0.05) is 18.8 Å². The number of carbonyl (C=O) groups excluding carboxylic acids is 1. The summed E-state index contributed by atoms with van der Waals surface area (Å²) < 4.78 is 4.87. The minimum atomic E-state index is -0.132. The highest BCUT2D eigenvalue weighted by molar-refractivity contribution is 5.82. The Hall–Kier alpha value is -1.51. The van der Waals surface area contributed by atoms with Crippen LogP contribution in [0.5, 0.6) is 0 Å². The molecule has 1 aliphatic heterocycles. The van der Waals surface area contributed by atoms with Crippen molar-refractivity contribution in [2.24, 2.45) is 0 Å². The van der Waals surface area contributed by atoms with Gasteiger partial charge >= 0.3 is 5.97 Å². The molecule has 0 N–H and O–H groups in total. The van der Waals surface area contributed by atoms with Crippen LogP contribution in [0.3, 0.4) is 0 Å². The zero-order valence-corrected chi connectivity index (χ0v) is 9.93. The van der Waals surface area contributed by atoms with E-state index in [9.17, 15) is 4.79 Å². The summed E-state index contributed by atoms with van der Waals surface area (Å²) in [5.74, 6) is -0.250. The van der Waals surface area contributed by atoms with Crippen LogP contribution in [-0.2, 0) is 9.53 Å². The summed E-state index contributed by atoms with van der Waals surface area (Å²) in [6.45, 7) is 2.13. The molecular weight excluding hydrogens is 202 g/mol. The van der Waals surface area contributed by atoms with Gasteiger partial charge in [0.1, 0.15) is 0 Å². The van der Waals surface area contributed by atoms with Crippen molar-refractivity contribution in [3.05, 3.63) is 29.8 Å². The number of rotatable bonds is 1. The van der Waals surface area contributed by atoms with Gasteiger partial charge in [-0.15, -0.1) is 0 Å². The monoisotopic (exact) mass is 219 g/mol. The van der Waals surface area contributed by atoms with Crippen LogP contribution in [0.4, 0.5) is 5.69 Å². The zero-order valence-electron chi connectivity index (χ0n) is 9.93. The second kappa shape index (κ2) is 4.16. The summed E-state index contributed by atoms with van der Waals surface area (Å²) in [5.41, 5.74) is 2.21. The quantitative estimate of drug-likeness (QED) is 0.678. The summed E-state index contributed by atoms with van der Waals surface area (Å²) in [7, 11) is 3.52. The van der Waals surface area contributed by atoms with Crippen molar-refractivity contribution in [1.82, 2.24) is 0 Å². The van der Waals surface area contributed by atoms with Crippen molar-refractivity contribution < 1.29 is 9.53 Å². The van der Waals surface area contributed by atoms with Crippen LogP contribution in [0.1, 0.15) is 24.8 Å². The first-order valence-electron chi connectivity index (χ1n) is 5.54. The Morgan fingerprint density at radius 1 is 1.44 bits per heavy atom. The lowest BCUT2D eigenvalue weighted by Gasteiger charge is -2.37. The molecule has 3 nitrogen and oxygen atoms in total. The van der Waals surface area contributed by atoms with E-state index in [4.69, 9.17) is 4.74 Å². The number of hydrogen-bond acceptors (Lipinski definition) is 3. The van der Waals surface area contributed by atoms with E-state index in [0.717, 1.165) is 17.7 Å². The number of hydrogen-bond donors (Lipinski definition) is 0. The summed E-state index contributed by atoms with van der Waals surface area (Å²) in [6.07, 6.45) is 0.820. The molecule has 1 aromatic rings. The standard InChI is InChI=1S/C13H17NO2/c1-9-8-11(13(15)16-3)10-6-4-5-7-12(10)14(9)2/h4-7,9,11H,8H2,1-3H3/t9-,11+/m1/s1. The Bertz CT molecular complexity index is 403. The SMILES string of the molecule is COC(=O)[C@H]1C[C@@H](C)N(C)c2ccccc21. The van der Waals surface area contributed by atoms with Crippen LogP contribution in [-0.4, -0.2) is 26.2 Å². The maximum atomic E-state index is 11.7. The molecule has 0 aliphatic carbocycles. The maximum absolute atomic E-state index is 11.7. The van der Waals surface area contributed by atoms with Gasteiger partial charge in [-0.25, -0.2) is 0 Å². The van der Waals surface area contributed by atoms with Crippen molar-refractivity contribution >= 4 is 11.7 Å². The van der Waals surface area contributed by atoms with Crippen LogP contribution in [0.2, 0.25) is 0 Å². The lowest BCUT2D eigenvalue weighted by atomic mass is 9.86. The zero-order chi connectivity index (χ0) is 11.7. The predicted octanol–water partition coefficient (Wildman–Crippen LogP) is 2.17. The average molecular weight is 219 g/mol. The van der Waals surface area contributed by atoms with E-state index >= 15 is 0 Å². The summed E-state index contributed by atoms with van der Waals surface area (Å²) in [4.78, 5) is 14.0. The summed E-state index contributed by atoms with van der Waals surface area (Å²) in [5, 5.41) is 0. The van der Waals surface area contributed by atoms with Gasteiger partial charge in [-0.1, -0.05) is 18.2 Å². The molecular formula is C13H17NO2. The average Bonchev–Trinajstić information content (AvgIpc) is 2.33. The Morgan fingerprint density at radius 3 is 2.81 bits per heavy atom. The molecule has 2 rings (SSSR count). The number of ether oxygens (including phenoxy) is 1. The molecule has 1 aliphatic rings. The smallest absolute Gasteiger partial charge is 0.313 e. The topological polar surface area (TPSA) is 29.5 Å². The predicted molar refractivity (Wildman–Crippen MR) is 63.7 cm³/mol. The normalized spacial score (nSPS) is 23.8. The minimum absolute atomic E-state index is 0.118. The van der Waals surface area contributed by atoms with Gasteiger partial charge < -0.3 is 9.64 Å². The summed E-state index contributed by atoms with van der Waals surface area (Å²) >= 11 is 0. The largest absolute Gasteiger partial charge is 0.469 e. The third kappa shape index (κ3) is 1.66. The number of nitrogens with zero attached hydrogens (tertiary/aromatic N) is 1. The lowest BCUT2D eigenvalue weighted by Crippen LogP contribution is -2.37. The van der Waals surface area contributed by atoms with E-state index in [0.29, 0.717) is 6.04 Å².